The highest BCUT2D eigenvalue weighted by molar-refractivity contribution is 5.44. The minimum absolute atomic E-state index is 0.173. The van der Waals surface area contributed by atoms with Gasteiger partial charge in [0.2, 0.25) is 0 Å². The average Bonchev–Trinajstić information content (AvgIpc) is 2.27. The van der Waals surface area contributed by atoms with Crippen LogP contribution < -0.4 is 20.9 Å². The van der Waals surface area contributed by atoms with Crippen molar-refractivity contribution in [3.8, 4) is 11.5 Å². The van der Waals surface area contributed by atoms with Crippen molar-refractivity contribution < 1.29 is 13.9 Å². The zero-order valence-corrected chi connectivity index (χ0v) is 8.79. The first-order valence-electron chi connectivity index (χ1n) is 4.51. The van der Waals surface area contributed by atoms with Crippen LogP contribution in [0.4, 0.5) is 4.39 Å². The fourth-order valence-electron chi connectivity index (χ4n) is 1.28. The van der Waals surface area contributed by atoms with Crippen LogP contribution in [0.5, 0.6) is 11.5 Å². The average molecular weight is 214 g/mol. The molecular weight excluding hydrogens is 199 g/mol. The molecule has 0 spiro atoms. The molecule has 0 aromatic heterocycles. The topological polar surface area (TPSA) is 70.5 Å². The van der Waals surface area contributed by atoms with E-state index in [1.807, 2.05) is 0 Å². The first-order valence-corrected chi connectivity index (χ1v) is 4.51. The molecule has 1 atom stereocenters. The lowest BCUT2D eigenvalue weighted by Gasteiger charge is -2.14. The summed E-state index contributed by atoms with van der Waals surface area (Å²) in [6.45, 7) is 0.173. The van der Waals surface area contributed by atoms with Crippen LogP contribution in [0, 0.1) is 5.82 Å². The molecular formula is C10H15FN2O2. The van der Waals surface area contributed by atoms with Crippen LogP contribution in [0.3, 0.4) is 0 Å². The van der Waals surface area contributed by atoms with Gasteiger partial charge in [-0.2, -0.15) is 0 Å². The Morgan fingerprint density at radius 1 is 1.27 bits per heavy atom. The smallest absolute Gasteiger partial charge is 0.163 e. The van der Waals surface area contributed by atoms with Gasteiger partial charge < -0.3 is 20.9 Å². The molecule has 5 heteroatoms. The third-order valence-corrected chi connectivity index (χ3v) is 2.16. The summed E-state index contributed by atoms with van der Waals surface area (Å²) in [5, 5.41) is 0. The summed E-state index contributed by atoms with van der Waals surface area (Å²) in [7, 11) is 2.92. The Hall–Kier alpha value is -1.33. The molecule has 1 rings (SSSR count). The van der Waals surface area contributed by atoms with E-state index >= 15 is 0 Å². The van der Waals surface area contributed by atoms with Gasteiger partial charge in [-0.3, -0.25) is 0 Å². The number of benzene rings is 1. The van der Waals surface area contributed by atoms with Crippen LogP contribution in [0.15, 0.2) is 12.1 Å². The van der Waals surface area contributed by atoms with Gasteiger partial charge in [0, 0.05) is 24.2 Å². The Morgan fingerprint density at radius 2 is 1.80 bits per heavy atom. The second-order valence-corrected chi connectivity index (χ2v) is 3.07. The van der Waals surface area contributed by atoms with Gasteiger partial charge in [-0.25, -0.2) is 4.39 Å². The van der Waals surface area contributed by atoms with Gasteiger partial charge in [0.1, 0.15) is 5.82 Å². The van der Waals surface area contributed by atoms with Crippen LogP contribution in [-0.2, 0) is 0 Å². The van der Waals surface area contributed by atoms with Crippen LogP contribution in [0.2, 0.25) is 0 Å². The maximum Gasteiger partial charge on any atom is 0.163 e. The molecule has 84 valence electrons. The Kier molecular flexibility index (Phi) is 3.88. The van der Waals surface area contributed by atoms with Crippen LogP contribution in [0.25, 0.3) is 0 Å². The van der Waals surface area contributed by atoms with Gasteiger partial charge in [-0.05, 0) is 6.07 Å². The van der Waals surface area contributed by atoms with E-state index in [1.54, 1.807) is 0 Å². The lowest BCUT2D eigenvalue weighted by atomic mass is 10.1. The van der Waals surface area contributed by atoms with Crippen LogP contribution in [-0.4, -0.2) is 20.8 Å². The fourth-order valence-corrected chi connectivity index (χ4v) is 1.28. The summed E-state index contributed by atoms with van der Waals surface area (Å²) < 4.78 is 23.5. The largest absolute Gasteiger partial charge is 0.493 e. The van der Waals surface area contributed by atoms with E-state index in [9.17, 15) is 4.39 Å². The number of ether oxygens (including phenoxy) is 2. The highest BCUT2D eigenvalue weighted by Gasteiger charge is 2.15. The van der Waals surface area contributed by atoms with E-state index in [1.165, 1.54) is 26.4 Å². The molecule has 1 aromatic rings. The van der Waals surface area contributed by atoms with E-state index in [0.717, 1.165) is 0 Å². The minimum atomic E-state index is -0.537. The Balaban J connectivity index is 3.19. The lowest BCUT2D eigenvalue weighted by Crippen LogP contribution is -2.22. The molecule has 0 amide bonds. The standard InChI is InChI=1S/C10H15FN2O2/c1-14-9-3-6(8(13)5-12)7(11)4-10(9)15-2/h3-4,8H,5,12-13H2,1-2H3. The summed E-state index contributed by atoms with van der Waals surface area (Å²) in [6.07, 6.45) is 0. The van der Waals surface area contributed by atoms with Crippen molar-refractivity contribution in [2.75, 3.05) is 20.8 Å². The summed E-state index contributed by atoms with van der Waals surface area (Å²) in [5.74, 6) is 0.339. The van der Waals surface area contributed by atoms with Gasteiger partial charge in [0.05, 0.1) is 14.2 Å². The first kappa shape index (κ1) is 11.7. The predicted octanol–water partition coefficient (Wildman–Crippen LogP) is 0.801. The minimum Gasteiger partial charge on any atom is -0.493 e. The van der Waals surface area contributed by atoms with Gasteiger partial charge in [-0.15, -0.1) is 0 Å². The van der Waals surface area contributed by atoms with Gasteiger partial charge in [0.15, 0.2) is 11.5 Å². The van der Waals surface area contributed by atoms with Crippen molar-refractivity contribution in [2.24, 2.45) is 11.5 Å². The van der Waals surface area contributed by atoms with Gasteiger partial charge >= 0.3 is 0 Å². The maximum absolute atomic E-state index is 13.5. The molecule has 0 aliphatic carbocycles. The Morgan fingerprint density at radius 3 is 2.27 bits per heavy atom. The normalized spacial score (nSPS) is 12.3. The second kappa shape index (κ2) is 4.95. The van der Waals surface area contributed by atoms with E-state index < -0.39 is 11.9 Å². The molecule has 4 nitrogen and oxygen atoms in total. The monoisotopic (exact) mass is 214 g/mol. The quantitative estimate of drug-likeness (QED) is 0.777. The molecule has 0 aliphatic rings. The number of hydrogen-bond donors (Lipinski definition) is 2. The van der Waals surface area contributed by atoms with E-state index in [-0.39, 0.29) is 6.54 Å². The van der Waals surface area contributed by atoms with E-state index in [0.29, 0.717) is 17.1 Å². The third kappa shape index (κ3) is 2.37. The molecule has 0 aliphatic heterocycles. The molecule has 0 saturated carbocycles. The molecule has 0 heterocycles. The number of rotatable bonds is 4. The summed E-state index contributed by atoms with van der Waals surface area (Å²) in [4.78, 5) is 0. The number of hydrogen-bond acceptors (Lipinski definition) is 4. The highest BCUT2D eigenvalue weighted by atomic mass is 19.1. The molecule has 1 unspecified atom stereocenters. The molecule has 0 fully saturated rings. The molecule has 0 radical (unpaired) electrons. The van der Waals surface area contributed by atoms with Crippen molar-refractivity contribution in [2.45, 2.75) is 6.04 Å². The molecule has 0 saturated heterocycles. The zero-order valence-electron chi connectivity index (χ0n) is 8.79. The molecule has 4 N–H and O–H groups in total. The summed E-state index contributed by atoms with van der Waals surface area (Å²) >= 11 is 0. The van der Waals surface area contributed by atoms with Gasteiger partial charge in [-0.1, -0.05) is 0 Å². The molecule has 0 bridgehead atoms. The number of methoxy groups -OCH3 is 2. The predicted molar refractivity (Wildman–Crippen MR) is 55.5 cm³/mol. The van der Waals surface area contributed by atoms with E-state index in [2.05, 4.69) is 0 Å². The summed E-state index contributed by atoms with van der Waals surface area (Å²) in [5.41, 5.74) is 11.3. The maximum atomic E-state index is 13.5. The van der Waals surface area contributed by atoms with Crippen LogP contribution >= 0.6 is 0 Å². The third-order valence-electron chi connectivity index (χ3n) is 2.16. The number of halogens is 1. The SMILES string of the molecule is COc1cc(F)c(C(N)CN)cc1OC. The van der Waals surface area contributed by atoms with Crippen molar-refractivity contribution in [3.05, 3.63) is 23.5 Å². The summed E-state index contributed by atoms with van der Waals surface area (Å²) in [6, 6.07) is 2.21. The highest BCUT2D eigenvalue weighted by Crippen LogP contribution is 2.31. The Labute approximate surface area is 88.0 Å². The van der Waals surface area contributed by atoms with Crippen LogP contribution in [0.1, 0.15) is 11.6 Å². The molecule has 15 heavy (non-hydrogen) atoms. The lowest BCUT2D eigenvalue weighted by molar-refractivity contribution is 0.351. The fraction of sp³-hybridized carbons (Fsp3) is 0.400. The first-order chi connectivity index (χ1) is 7.13. The van der Waals surface area contributed by atoms with Crippen molar-refractivity contribution in [1.29, 1.82) is 0 Å². The van der Waals surface area contributed by atoms with Gasteiger partial charge in [0.25, 0.3) is 0 Å². The number of nitrogens with two attached hydrogens (primary N) is 2. The van der Waals surface area contributed by atoms with E-state index in [4.69, 9.17) is 20.9 Å². The molecule has 1 aromatic carbocycles. The zero-order chi connectivity index (χ0) is 11.4. The van der Waals surface area contributed by atoms with Crippen molar-refractivity contribution in [1.82, 2.24) is 0 Å². The second-order valence-electron chi connectivity index (χ2n) is 3.07. The van der Waals surface area contributed by atoms with Crippen molar-refractivity contribution in [3.63, 3.8) is 0 Å². The Bertz CT molecular complexity index is 344. The van der Waals surface area contributed by atoms with Crippen molar-refractivity contribution >= 4 is 0 Å².